The first kappa shape index (κ1) is 53.7. The quantitative estimate of drug-likeness (QED) is 0.0791. The summed E-state index contributed by atoms with van der Waals surface area (Å²) in [6.07, 6.45) is 11.8. The summed E-state index contributed by atoms with van der Waals surface area (Å²) in [4.78, 5) is 53.1. The smallest absolute Gasteiger partial charge is 0.297 e. The van der Waals surface area contributed by atoms with Gasteiger partial charge in [0, 0.05) is 106 Å². The molecule has 3 N–H and O–H groups in total. The Balaban J connectivity index is 0.735. The van der Waals surface area contributed by atoms with Crippen molar-refractivity contribution in [3.63, 3.8) is 0 Å². The number of ether oxygens (including phenoxy) is 6. The Hall–Kier alpha value is -7.31. The van der Waals surface area contributed by atoms with Gasteiger partial charge in [0.05, 0.1) is 63.8 Å². The lowest BCUT2D eigenvalue weighted by Crippen LogP contribution is -2.61. The van der Waals surface area contributed by atoms with Gasteiger partial charge in [0.15, 0.2) is 17.2 Å². The number of aromatic amines is 1. The van der Waals surface area contributed by atoms with Gasteiger partial charge in [0.2, 0.25) is 5.88 Å². The highest BCUT2D eigenvalue weighted by atomic mass is 32.2. The number of piperazine rings is 1. The Bertz CT molecular complexity index is 3560. The number of hydrogen-bond acceptors (Lipinski definition) is 19. The molecule has 0 radical (unpaired) electrons. The lowest BCUT2D eigenvalue weighted by Gasteiger charge is -2.58. The van der Waals surface area contributed by atoms with Gasteiger partial charge in [0.1, 0.15) is 42.7 Å². The van der Waals surface area contributed by atoms with Gasteiger partial charge < -0.3 is 48.5 Å². The number of fused-ring (bicyclic) bond motifs is 5. The van der Waals surface area contributed by atoms with E-state index < -0.39 is 37.5 Å². The van der Waals surface area contributed by atoms with Gasteiger partial charge in [-0.15, -0.1) is 0 Å². The summed E-state index contributed by atoms with van der Waals surface area (Å²) < 4.78 is 68.1. The number of amides is 1. The molecule has 1 spiro atoms. The maximum atomic E-state index is 15.0. The number of piperidine rings is 1. The van der Waals surface area contributed by atoms with Crippen LogP contribution in [0.5, 0.6) is 23.1 Å². The van der Waals surface area contributed by atoms with Crippen LogP contribution in [0.1, 0.15) is 86.5 Å². The molecule has 3 aromatic heterocycles. The number of aromatic nitrogens is 4. The van der Waals surface area contributed by atoms with E-state index in [9.17, 15) is 23.3 Å². The first-order valence-corrected chi connectivity index (χ1v) is 30.8. The van der Waals surface area contributed by atoms with E-state index in [-0.39, 0.29) is 71.8 Å². The average molecular weight is 1150 g/mol. The number of sulfonamides is 1. The Kier molecular flexibility index (Phi) is 14.0. The van der Waals surface area contributed by atoms with Crippen molar-refractivity contribution in [3.8, 4) is 23.1 Å². The molecule has 22 nitrogen and oxygen atoms in total. The molecule has 1 aliphatic carbocycles. The van der Waals surface area contributed by atoms with E-state index in [1.807, 2.05) is 30.5 Å². The summed E-state index contributed by atoms with van der Waals surface area (Å²) in [7, 11) is -4.72. The Morgan fingerprint density at radius 1 is 0.904 bits per heavy atom. The van der Waals surface area contributed by atoms with Crippen molar-refractivity contribution in [2.24, 2.45) is 11.3 Å². The van der Waals surface area contributed by atoms with Crippen molar-refractivity contribution < 1.29 is 46.6 Å². The third kappa shape index (κ3) is 10.2. The first-order valence-electron chi connectivity index (χ1n) is 29.3. The normalized spacial score (nSPS) is 24.7. The molecule has 6 aromatic rings. The zero-order chi connectivity index (χ0) is 56.6. The van der Waals surface area contributed by atoms with E-state index in [0.29, 0.717) is 61.8 Å². The number of hydrogen-bond donors (Lipinski definition) is 3. The highest BCUT2D eigenvalue weighted by Crippen LogP contribution is 2.54. The molecule has 8 aliphatic rings. The van der Waals surface area contributed by atoms with Crippen LogP contribution in [0.3, 0.4) is 0 Å². The molecule has 14 rings (SSSR count). The lowest BCUT2D eigenvalue weighted by molar-refractivity contribution is -0.384. The number of benzene rings is 3. The van der Waals surface area contributed by atoms with E-state index in [1.165, 1.54) is 11.6 Å². The van der Waals surface area contributed by atoms with Gasteiger partial charge in [-0.2, -0.15) is 4.98 Å². The second-order valence-corrected chi connectivity index (χ2v) is 25.6. The monoisotopic (exact) mass is 1150 g/mol. The van der Waals surface area contributed by atoms with Crippen LogP contribution in [0, 0.1) is 21.4 Å². The molecule has 1 saturated carbocycles. The first-order chi connectivity index (χ1) is 40.3. The summed E-state index contributed by atoms with van der Waals surface area (Å²) in [5.74, 6) is 1.34. The SMILES string of the molecule is CC(C)Oc1ccccc1[C@@H]1CN([C@H]2COc3cncnc3C2)CCN1C1CC2(CCN(c3ccc(C(=O)NS(=O)(=O)c4cc5c(c([N+](=O)[O-])c4)N[C@H](C4CCOCC4)CO5)c(N4c5cc6cc[nH]c6nc5O[C@H]5COCC[C@@H]54)c3)CC2)C1. The molecule has 7 aliphatic heterocycles. The highest BCUT2D eigenvalue weighted by molar-refractivity contribution is 7.90. The number of carbonyl (C=O) groups is 1. The Labute approximate surface area is 481 Å². The molecule has 5 atom stereocenters. The Morgan fingerprint density at radius 3 is 2.55 bits per heavy atom. The van der Waals surface area contributed by atoms with E-state index in [1.54, 1.807) is 18.6 Å². The largest absolute Gasteiger partial charge is 0.491 e. The number of carbonyl (C=O) groups excluding carboxylic acids is 1. The number of rotatable bonds is 12. The third-order valence-corrected chi connectivity index (χ3v) is 20.0. The van der Waals surface area contributed by atoms with Gasteiger partial charge >= 0.3 is 0 Å². The van der Waals surface area contributed by atoms with Crippen LogP contribution in [-0.4, -0.2) is 158 Å². The fraction of sp³-hybridized carbons (Fsp3) is 0.500. The average Bonchev–Trinajstić information content (AvgIpc) is 4.07. The molecule has 4 saturated heterocycles. The molecule has 83 heavy (non-hydrogen) atoms. The standard InChI is InChI=1S/C60H69N11O11S/c1-36(2)81-52-6-4-3-5-43(52)51-31-68(40-24-45-54(79-32-40)30-61-35-63-45)18-19-69(51)41-28-60(29-41)13-16-67(17-14-60)39-7-8-44(48(25-39)70-47-12-22-78-34-55(47)82-59-50(70)23-38-9-15-62-57(38)65-59)58(72)66-83(75,76)42-26-49(71(73)74)56-53(27-42)80-33-46(64-56)37-10-20-77-21-11-37/h3-9,15,23,25-27,30,35-37,40-41,46-47,51,55,64H,10-14,16-22,24,28-29,31-34H2,1-2H3,(H,62,65)(H,66,72)/t40-,46+,47+,51+,55+/m1/s1. The minimum absolute atomic E-state index is 0.0227. The Morgan fingerprint density at radius 2 is 1.72 bits per heavy atom. The summed E-state index contributed by atoms with van der Waals surface area (Å²) in [5, 5.41) is 16.7. The molecule has 436 valence electrons. The third-order valence-electron chi connectivity index (χ3n) is 18.7. The molecule has 5 fully saturated rings. The van der Waals surface area contributed by atoms with Crippen LogP contribution in [0.4, 0.5) is 28.4 Å². The van der Waals surface area contributed by atoms with Crippen molar-refractivity contribution in [2.45, 2.75) is 113 Å². The van der Waals surface area contributed by atoms with Crippen LogP contribution in [0.15, 0.2) is 90.3 Å². The second-order valence-electron chi connectivity index (χ2n) is 23.9. The van der Waals surface area contributed by atoms with Crippen LogP contribution in [0.25, 0.3) is 11.0 Å². The fourth-order valence-electron chi connectivity index (χ4n) is 14.3. The number of nitro benzene ring substituents is 1. The van der Waals surface area contributed by atoms with Crippen molar-refractivity contribution in [2.75, 3.05) is 87.5 Å². The van der Waals surface area contributed by atoms with Crippen molar-refractivity contribution >= 4 is 55.4 Å². The highest BCUT2D eigenvalue weighted by Gasteiger charge is 2.51. The number of pyridine rings is 1. The molecule has 10 heterocycles. The van der Waals surface area contributed by atoms with Crippen LogP contribution in [-0.2, 0) is 25.9 Å². The molecule has 3 aromatic carbocycles. The molecular weight excluding hydrogens is 1080 g/mol. The zero-order valence-electron chi connectivity index (χ0n) is 46.6. The van der Waals surface area contributed by atoms with Crippen molar-refractivity contribution in [1.29, 1.82) is 0 Å². The minimum Gasteiger partial charge on any atom is -0.491 e. The van der Waals surface area contributed by atoms with E-state index in [0.717, 1.165) is 112 Å². The summed E-state index contributed by atoms with van der Waals surface area (Å²) in [6.45, 7) is 11.1. The molecular formula is C60H69N11O11S. The van der Waals surface area contributed by atoms with E-state index >= 15 is 0 Å². The number of nitrogens with zero attached hydrogens (tertiary/aromatic N) is 8. The summed E-state index contributed by atoms with van der Waals surface area (Å²) in [6, 6.07) is 20.4. The molecule has 0 unspecified atom stereocenters. The maximum Gasteiger partial charge on any atom is 0.297 e. The van der Waals surface area contributed by atoms with Gasteiger partial charge in [0.25, 0.3) is 21.6 Å². The van der Waals surface area contributed by atoms with Crippen LogP contribution >= 0.6 is 0 Å². The fourth-order valence-corrected chi connectivity index (χ4v) is 15.3. The lowest BCUT2D eigenvalue weighted by atomic mass is 9.59. The number of nitrogens with one attached hydrogen (secondary N) is 3. The zero-order valence-corrected chi connectivity index (χ0v) is 47.4. The summed E-state index contributed by atoms with van der Waals surface area (Å²) >= 11 is 0. The topological polar surface area (TPSA) is 241 Å². The molecule has 0 bridgehead atoms. The number of H-pyrrole nitrogens is 1. The maximum absolute atomic E-state index is 15.0. The predicted octanol–water partition coefficient (Wildman–Crippen LogP) is 7.57. The molecule has 23 heteroatoms. The second kappa shape index (κ2) is 21.7. The van der Waals surface area contributed by atoms with E-state index in [2.05, 4.69) is 82.7 Å². The molecule has 1 amide bonds. The van der Waals surface area contributed by atoms with Crippen molar-refractivity contribution in [1.82, 2.24) is 34.5 Å². The summed E-state index contributed by atoms with van der Waals surface area (Å²) in [5.41, 5.74) is 4.70. The number of anilines is 4. The van der Waals surface area contributed by atoms with Gasteiger partial charge in [-0.25, -0.2) is 23.1 Å². The number of nitro groups is 1. The predicted molar refractivity (Wildman–Crippen MR) is 308 cm³/mol. The van der Waals surface area contributed by atoms with E-state index in [4.69, 9.17) is 33.4 Å². The van der Waals surface area contributed by atoms with Crippen LogP contribution in [0.2, 0.25) is 0 Å². The van der Waals surface area contributed by atoms with Gasteiger partial charge in [-0.1, -0.05) is 18.2 Å². The minimum atomic E-state index is -4.72. The number of para-hydroxylation sites is 1. The van der Waals surface area contributed by atoms with Gasteiger partial charge in [-0.3, -0.25) is 24.7 Å². The van der Waals surface area contributed by atoms with Crippen LogP contribution < -0.4 is 38.8 Å². The van der Waals surface area contributed by atoms with Crippen molar-refractivity contribution in [3.05, 3.63) is 112 Å². The van der Waals surface area contributed by atoms with Gasteiger partial charge in [-0.05, 0) is 107 Å².